The Hall–Kier alpha value is -4.26. The summed E-state index contributed by atoms with van der Waals surface area (Å²) in [6, 6.07) is 24.4. The average Bonchev–Trinajstić information content (AvgIpc) is 2.88. The predicted octanol–water partition coefficient (Wildman–Crippen LogP) is 3.19. The van der Waals surface area contributed by atoms with E-state index < -0.39 is 35.8 Å². The number of methoxy groups -OCH3 is 1. The lowest BCUT2D eigenvalue weighted by atomic mass is 10.0. The number of esters is 1. The monoisotopic (exact) mass is 472 g/mol. The van der Waals surface area contributed by atoms with Gasteiger partial charge in [-0.2, -0.15) is 0 Å². The van der Waals surface area contributed by atoms with E-state index in [4.69, 9.17) is 4.74 Å². The van der Waals surface area contributed by atoms with Crippen LogP contribution >= 0.6 is 0 Å². The van der Waals surface area contributed by atoms with Gasteiger partial charge in [0, 0.05) is 25.3 Å². The maximum Gasteiger partial charge on any atom is 0.328 e. The molecule has 0 aliphatic heterocycles. The van der Waals surface area contributed by atoms with Crippen molar-refractivity contribution >= 4 is 23.7 Å². The van der Waals surface area contributed by atoms with Crippen LogP contribution in [0.5, 0.6) is 0 Å². The molecular formula is C28H28N2O5. The summed E-state index contributed by atoms with van der Waals surface area (Å²) in [5.41, 5.74) is 1.87. The molecule has 2 atom stereocenters. The van der Waals surface area contributed by atoms with E-state index in [1.165, 1.54) is 14.0 Å². The summed E-state index contributed by atoms with van der Waals surface area (Å²) in [6.45, 7) is 1.24. The number of ether oxygens (including phenoxy) is 1. The number of carbonyl (C=O) groups excluding carboxylic acids is 4. The van der Waals surface area contributed by atoms with Gasteiger partial charge < -0.3 is 10.1 Å². The molecule has 0 saturated carbocycles. The van der Waals surface area contributed by atoms with E-state index in [2.05, 4.69) is 5.32 Å². The topological polar surface area (TPSA) is 92.8 Å². The second-order valence-corrected chi connectivity index (χ2v) is 8.04. The van der Waals surface area contributed by atoms with Crippen LogP contribution in [0.3, 0.4) is 0 Å². The van der Waals surface area contributed by atoms with E-state index >= 15 is 0 Å². The summed E-state index contributed by atoms with van der Waals surface area (Å²) in [4.78, 5) is 53.1. The molecule has 3 rings (SSSR count). The Kier molecular flexibility index (Phi) is 8.89. The molecule has 0 radical (unpaired) electrons. The van der Waals surface area contributed by atoms with Crippen molar-refractivity contribution in [3.63, 3.8) is 0 Å². The van der Waals surface area contributed by atoms with Gasteiger partial charge in [-0.15, -0.1) is 0 Å². The molecule has 0 unspecified atom stereocenters. The number of hydrogen-bond donors (Lipinski definition) is 1. The van der Waals surface area contributed by atoms with Crippen molar-refractivity contribution in [3.8, 4) is 0 Å². The van der Waals surface area contributed by atoms with E-state index in [1.807, 2.05) is 60.7 Å². The normalized spacial score (nSPS) is 12.2. The quantitative estimate of drug-likeness (QED) is 0.483. The summed E-state index contributed by atoms with van der Waals surface area (Å²) >= 11 is 0. The van der Waals surface area contributed by atoms with Gasteiger partial charge in [0.25, 0.3) is 5.91 Å². The van der Waals surface area contributed by atoms with E-state index in [0.29, 0.717) is 0 Å². The smallest absolute Gasteiger partial charge is 0.328 e. The summed E-state index contributed by atoms with van der Waals surface area (Å²) in [7, 11) is 1.24. The molecule has 0 spiro atoms. The van der Waals surface area contributed by atoms with Crippen molar-refractivity contribution in [2.24, 2.45) is 0 Å². The largest absolute Gasteiger partial charge is 0.467 e. The highest BCUT2D eigenvalue weighted by Gasteiger charge is 2.36. The number of nitrogens with zero attached hydrogens (tertiary/aromatic N) is 1. The molecule has 0 aromatic heterocycles. The Morgan fingerprint density at radius 3 is 1.74 bits per heavy atom. The third-order valence-electron chi connectivity index (χ3n) is 5.55. The first-order chi connectivity index (χ1) is 16.9. The number of nitrogens with one attached hydrogen (secondary N) is 1. The van der Waals surface area contributed by atoms with Crippen LogP contribution in [0.1, 0.15) is 28.4 Å². The van der Waals surface area contributed by atoms with Crippen LogP contribution in [-0.4, -0.2) is 47.8 Å². The van der Waals surface area contributed by atoms with Gasteiger partial charge in [-0.25, -0.2) is 4.79 Å². The Labute approximate surface area is 204 Å². The molecule has 7 heteroatoms. The van der Waals surface area contributed by atoms with Crippen LogP contribution in [0.15, 0.2) is 91.0 Å². The third-order valence-corrected chi connectivity index (χ3v) is 5.55. The summed E-state index contributed by atoms with van der Waals surface area (Å²) in [5, 5.41) is 2.72. The molecule has 0 heterocycles. The minimum absolute atomic E-state index is 0.0874. The van der Waals surface area contributed by atoms with E-state index in [9.17, 15) is 19.2 Å². The molecule has 0 fully saturated rings. The van der Waals surface area contributed by atoms with Crippen molar-refractivity contribution in [2.45, 2.75) is 31.8 Å². The van der Waals surface area contributed by atoms with Crippen LogP contribution in [0, 0.1) is 0 Å². The lowest BCUT2D eigenvalue weighted by Crippen LogP contribution is -2.56. The fraction of sp³-hybridized carbons (Fsp3) is 0.214. The van der Waals surface area contributed by atoms with Gasteiger partial charge in [0.1, 0.15) is 12.1 Å². The maximum atomic E-state index is 13.6. The molecule has 0 saturated heterocycles. The van der Waals surface area contributed by atoms with Crippen LogP contribution in [-0.2, 0) is 32.0 Å². The van der Waals surface area contributed by atoms with Crippen LogP contribution in [0.2, 0.25) is 0 Å². The number of amides is 3. The zero-order valence-corrected chi connectivity index (χ0v) is 19.7. The Bertz CT molecular complexity index is 1150. The van der Waals surface area contributed by atoms with E-state index in [-0.39, 0.29) is 18.4 Å². The minimum atomic E-state index is -1.18. The molecule has 180 valence electrons. The molecule has 3 aromatic carbocycles. The Morgan fingerprint density at radius 1 is 0.771 bits per heavy atom. The molecule has 35 heavy (non-hydrogen) atoms. The van der Waals surface area contributed by atoms with Gasteiger partial charge >= 0.3 is 5.97 Å². The lowest BCUT2D eigenvalue weighted by molar-refractivity contribution is -0.146. The second kappa shape index (κ2) is 12.3. The minimum Gasteiger partial charge on any atom is -0.467 e. The third kappa shape index (κ3) is 6.86. The zero-order valence-electron chi connectivity index (χ0n) is 19.7. The van der Waals surface area contributed by atoms with E-state index in [1.54, 1.807) is 30.3 Å². The number of carbonyl (C=O) groups is 4. The summed E-state index contributed by atoms with van der Waals surface area (Å²) < 4.78 is 4.91. The van der Waals surface area contributed by atoms with E-state index in [0.717, 1.165) is 16.0 Å². The highest BCUT2D eigenvalue weighted by atomic mass is 16.5. The lowest BCUT2D eigenvalue weighted by Gasteiger charge is -2.30. The van der Waals surface area contributed by atoms with Crippen LogP contribution in [0.25, 0.3) is 0 Å². The van der Waals surface area contributed by atoms with Crippen molar-refractivity contribution in [3.05, 3.63) is 108 Å². The number of benzene rings is 3. The van der Waals surface area contributed by atoms with Gasteiger partial charge in [-0.1, -0.05) is 78.9 Å². The van der Waals surface area contributed by atoms with Crippen molar-refractivity contribution in [1.82, 2.24) is 10.2 Å². The molecule has 0 aliphatic carbocycles. The van der Waals surface area contributed by atoms with Gasteiger partial charge in [0.2, 0.25) is 11.8 Å². The van der Waals surface area contributed by atoms with Gasteiger partial charge in [-0.3, -0.25) is 19.3 Å². The standard InChI is InChI=1S/C28H28N2O5/c1-20(31)30(27(33)23-16-10-5-11-17-23)25(19-22-14-8-4-9-15-22)26(32)29-24(28(34)35-2)18-21-12-6-3-7-13-21/h3-17,24-25H,18-19H2,1-2H3,(H,29,32)/t24-,25-/m0/s1. The van der Waals surface area contributed by atoms with Gasteiger partial charge in [-0.05, 0) is 23.3 Å². The molecule has 1 N–H and O–H groups in total. The first-order valence-corrected chi connectivity index (χ1v) is 11.3. The highest BCUT2D eigenvalue weighted by Crippen LogP contribution is 2.16. The number of rotatable bonds is 9. The van der Waals surface area contributed by atoms with Crippen molar-refractivity contribution < 1.29 is 23.9 Å². The number of hydrogen-bond acceptors (Lipinski definition) is 5. The fourth-order valence-electron chi connectivity index (χ4n) is 3.82. The second-order valence-electron chi connectivity index (χ2n) is 8.04. The molecule has 3 amide bonds. The summed E-state index contributed by atoms with van der Waals surface area (Å²) in [5.74, 6) is -2.41. The Morgan fingerprint density at radius 2 is 1.26 bits per heavy atom. The fourth-order valence-corrected chi connectivity index (χ4v) is 3.82. The summed E-state index contributed by atoms with van der Waals surface area (Å²) in [6.07, 6.45) is 0.286. The number of imide groups is 1. The van der Waals surface area contributed by atoms with Gasteiger partial charge in [0.05, 0.1) is 7.11 Å². The van der Waals surface area contributed by atoms with Crippen molar-refractivity contribution in [2.75, 3.05) is 7.11 Å². The van der Waals surface area contributed by atoms with Crippen LogP contribution in [0.4, 0.5) is 0 Å². The first kappa shape index (κ1) is 25.4. The average molecular weight is 473 g/mol. The van der Waals surface area contributed by atoms with Crippen molar-refractivity contribution in [1.29, 1.82) is 0 Å². The Balaban J connectivity index is 1.94. The first-order valence-electron chi connectivity index (χ1n) is 11.3. The molecule has 0 bridgehead atoms. The zero-order chi connectivity index (χ0) is 25.2. The van der Waals surface area contributed by atoms with Gasteiger partial charge in [0.15, 0.2) is 0 Å². The molecule has 0 aliphatic rings. The molecule has 3 aromatic rings. The predicted molar refractivity (Wildman–Crippen MR) is 131 cm³/mol. The van der Waals surface area contributed by atoms with Crippen LogP contribution < -0.4 is 5.32 Å². The SMILES string of the molecule is COC(=O)[C@H](Cc1ccccc1)NC(=O)[C@H](Cc1ccccc1)N(C(C)=O)C(=O)c1ccccc1. The molecular weight excluding hydrogens is 444 g/mol. The highest BCUT2D eigenvalue weighted by molar-refractivity contribution is 6.07. The molecule has 7 nitrogen and oxygen atoms in total. The maximum absolute atomic E-state index is 13.6.